The normalized spacial score (nSPS) is 13.3. The Hall–Kier alpha value is -6.45. The van der Waals surface area contributed by atoms with Gasteiger partial charge in [-0.15, -0.1) is 0 Å². The fourth-order valence-corrected chi connectivity index (χ4v) is 6.11. The number of ether oxygens (including phenoxy) is 2. The van der Waals surface area contributed by atoms with Gasteiger partial charge in [-0.3, -0.25) is 4.79 Å². The van der Waals surface area contributed by atoms with E-state index in [1.807, 2.05) is 66.7 Å². The Balaban J connectivity index is 1.53. The topological polar surface area (TPSA) is 201 Å². The number of rotatable bonds is 15. The number of aromatic nitrogens is 4. The number of aliphatic hydroxyl groups is 2. The van der Waals surface area contributed by atoms with E-state index in [9.17, 15) is 24.6 Å². The Labute approximate surface area is 317 Å². The number of amides is 1. The zero-order valence-corrected chi connectivity index (χ0v) is 30.4. The van der Waals surface area contributed by atoms with Gasteiger partial charge in [0.2, 0.25) is 11.9 Å². The first kappa shape index (κ1) is 38.3. The van der Waals surface area contributed by atoms with Gasteiger partial charge in [0, 0.05) is 24.5 Å². The van der Waals surface area contributed by atoms with Crippen LogP contribution in [0.4, 0.5) is 29.2 Å². The highest BCUT2D eigenvalue weighted by Gasteiger charge is 2.28. The van der Waals surface area contributed by atoms with Crippen LogP contribution in [-0.2, 0) is 15.9 Å². The van der Waals surface area contributed by atoms with Crippen LogP contribution in [-0.4, -0.2) is 81.0 Å². The van der Waals surface area contributed by atoms with Crippen molar-refractivity contribution in [2.75, 3.05) is 48.5 Å². The summed E-state index contributed by atoms with van der Waals surface area (Å²) in [6.07, 6.45) is 3.94. The van der Waals surface area contributed by atoms with E-state index in [-0.39, 0.29) is 67.0 Å². The van der Waals surface area contributed by atoms with Gasteiger partial charge < -0.3 is 35.6 Å². The second-order valence-corrected chi connectivity index (χ2v) is 12.4. The molecule has 5 N–H and O–H groups in total. The van der Waals surface area contributed by atoms with Gasteiger partial charge >= 0.3 is 11.9 Å². The van der Waals surface area contributed by atoms with Crippen LogP contribution in [0.25, 0.3) is 0 Å². The van der Waals surface area contributed by atoms with Crippen molar-refractivity contribution in [3.8, 4) is 0 Å². The van der Waals surface area contributed by atoms with Crippen LogP contribution in [0.15, 0.2) is 91.3 Å². The van der Waals surface area contributed by atoms with Crippen LogP contribution in [0.5, 0.6) is 0 Å². The molecule has 15 heteroatoms. The first-order valence-electron chi connectivity index (χ1n) is 18.0. The molecule has 55 heavy (non-hydrogen) atoms. The highest BCUT2D eigenvalue weighted by molar-refractivity contribution is 5.97. The van der Waals surface area contributed by atoms with Gasteiger partial charge in [0.05, 0.1) is 44.2 Å². The number of hydrogen-bond donors (Lipinski definition) is 5. The van der Waals surface area contributed by atoms with Gasteiger partial charge in [-0.2, -0.15) is 9.97 Å². The van der Waals surface area contributed by atoms with E-state index in [2.05, 4.69) is 25.9 Å². The van der Waals surface area contributed by atoms with Gasteiger partial charge in [-0.25, -0.2) is 24.5 Å². The summed E-state index contributed by atoms with van der Waals surface area (Å²) in [5.74, 6) is -1.40. The van der Waals surface area contributed by atoms with Gasteiger partial charge in [-0.1, -0.05) is 60.7 Å². The van der Waals surface area contributed by atoms with E-state index in [1.54, 1.807) is 26.0 Å². The molecule has 2 aromatic heterocycles. The molecule has 284 valence electrons. The number of nitrogens with one attached hydrogen (secondary N) is 3. The van der Waals surface area contributed by atoms with Crippen molar-refractivity contribution in [2.45, 2.75) is 38.8 Å². The van der Waals surface area contributed by atoms with Gasteiger partial charge in [0.15, 0.2) is 0 Å². The molecule has 15 nitrogen and oxygen atoms in total. The van der Waals surface area contributed by atoms with E-state index in [0.29, 0.717) is 30.6 Å². The predicted molar refractivity (Wildman–Crippen MR) is 205 cm³/mol. The number of anilines is 5. The number of fused-ring (bicyclic) bond motifs is 1. The standard InChI is InChI=1S/C40H42N8O7/c1-3-54-37(52)30-21-42-39(46-34(30)44-32(23-49)25-12-7-5-8-13-25)48(28-17-18-29-27(20-28)16-11-19-41-36(29)51)40-43-22-31(38(53)55-4-2)35(47-40)45-33(24-50)26-14-9-6-10-15-26/h5-10,12-15,17-18,20-22,32-33,49-50H,3-4,11,16,19,23-24H2,1-2H3,(H,41,51)(H,42,44,46)(H,43,45,47)/t32-,33-/m1/s1. The summed E-state index contributed by atoms with van der Waals surface area (Å²) in [6, 6.07) is 22.3. The summed E-state index contributed by atoms with van der Waals surface area (Å²) in [5.41, 5.74) is 3.29. The molecule has 0 fully saturated rings. The Kier molecular flexibility index (Phi) is 12.6. The molecule has 2 atom stereocenters. The first-order valence-corrected chi connectivity index (χ1v) is 18.0. The molecule has 6 rings (SSSR count). The number of aliphatic hydroxyl groups excluding tert-OH is 2. The summed E-state index contributed by atoms with van der Waals surface area (Å²) < 4.78 is 10.7. The first-order chi connectivity index (χ1) is 26.8. The molecule has 1 aliphatic heterocycles. The minimum absolute atomic E-state index is 0.00919. The lowest BCUT2D eigenvalue weighted by atomic mass is 10.0. The molecule has 1 amide bonds. The Morgan fingerprint density at radius 3 is 1.76 bits per heavy atom. The molecule has 3 aromatic carbocycles. The third-order valence-electron chi connectivity index (χ3n) is 8.83. The summed E-state index contributed by atoms with van der Waals surface area (Å²) in [4.78, 5) is 59.6. The fraction of sp³-hybridized carbons (Fsp3) is 0.275. The van der Waals surface area contributed by atoms with Crippen LogP contribution >= 0.6 is 0 Å². The molecule has 0 unspecified atom stereocenters. The minimum atomic E-state index is -0.679. The molecule has 0 saturated carbocycles. The molecule has 0 saturated heterocycles. The summed E-state index contributed by atoms with van der Waals surface area (Å²) in [7, 11) is 0. The molecule has 0 spiro atoms. The highest BCUT2D eigenvalue weighted by Crippen LogP contribution is 2.35. The maximum Gasteiger partial charge on any atom is 0.343 e. The molecule has 0 aliphatic carbocycles. The smallest absolute Gasteiger partial charge is 0.343 e. The van der Waals surface area contributed by atoms with Crippen molar-refractivity contribution >= 4 is 47.1 Å². The maximum atomic E-state index is 13.2. The lowest BCUT2D eigenvalue weighted by molar-refractivity contribution is 0.0516. The largest absolute Gasteiger partial charge is 0.462 e. The van der Waals surface area contributed by atoms with Crippen LogP contribution < -0.4 is 20.9 Å². The quantitative estimate of drug-likeness (QED) is 0.0891. The monoisotopic (exact) mass is 746 g/mol. The Morgan fingerprint density at radius 2 is 1.29 bits per heavy atom. The van der Waals surface area contributed by atoms with Crippen molar-refractivity contribution in [1.82, 2.24) is 25.3 Å². The number of aryl methyl sites for hydroxylation is 1. The average molecular weight is 747 g/mol. The third-order valence-corrected chi connectivity index (χ3v) is 8.83. The SMILES string of the molecule is CCOC(=O)c1cnc(N(c2ccc3c(c2)CCCNC3=O)c2ncc(C(=O)OCC)c(N[C@H](CO)c3ccccc3)n2)nc1N[C@H](CO)c1ccccc1. The molecular weight excluding hydrogens is 704 g/mol. The summed E-state index contributed by atoms with van der Waals surface area (Å²) in [5, 5.41) is 30.2. The number of hydrogen-bond acceptors (Lipinski definition) is 14. The highest BCUT2D eigenvalue weighted by atomic mass is 16.5. The van der Waals surface area contributed by atoms with Crippen LogP contribution in [0.3, 0.4) is 0 Å². The third kappa shape index (κ3) is 8.86. The van der Waals surface area contributed by atoms with Crippen molar-refractivity contribution in [3.63, 3.8) is 0 Å². The lowest BCUT2D eigenvalue weighted by Gasteiger charge is -2.25. The minimum Gasteiger partial charge on any atom is -0.462 e. The van der Waals surface area contributed by atoms with Crippen LogP contribution in [0.2, 0.25) is 0 Å². The zero-order chi connectivity index (χ0) is 38.7. The Morgan fingerprint density at radius 1 is 0.782 bits per heavy atom. The van der Waals surface area contributed by atoms with E-state index < -0.39 is 24.0 Å². The predicted octanol–water partition coefficient (Wildman–Crippen LogP) is 5.06. The molecule has 3 heterocycles. The molecule has 1 aliphatic rings. The second kappa shape index (κ2) is 18.1. The van der Waals surface area contributed by atoms with Gasteiger partial charge in [0.1, 0.15) is 22.8 Å². The van der Waals surface area contributed by atoms with E-state index >= 15 is 0 Å². The van der Waals surface area contributed by atoms with Crippen molar-refractivity contribution < 1.29 is 34.1 Å². The molecule has 0 bridgehead atoms. The van der Waals surface area contributed by atoms with Crippen LogP contribution in [0.1, 0.15) is 80.1 Å². The number of carbonyl (C=O) groups is 3. The molecule has 0 radical (unpaired) electrons. The fourth-order valence-electron chi connectivity index (χ4n) is 6.11. The summed E-state index contributed by atoms with van der Waals surface area (Å²) >= 11 is 0. The Bertz CT molecular complexity index is 2010. The van der Waals surface area contributed by atoms with E-state index in [0.717, 1.165) is 16.7 Å². The zero-order valence-electron chi connectivity index (χ0n) is 30.4. The number of esters is 2. The number of benzene rings is 3. The van der Waals surface area contributed by atoms with Gasteiger partial charge in [-0.05, 0) is 61.6 Å². The molecule has 5 aromatic rings. The van der Waals surface area contributed by atoms with Crippen molar-refractivity contribution in [2.24, 2.45) is 0 Å². The van der Waals surface area contributed by atoms with Crippen molar-refractivity contribution in [3.05, 3.63) is 125 Å². The van der Waals surface area contributed by atoms with Crippen molar-refractivity contribution in [1.29, 1.82) is 0 Å². The van der Waals surface area contributed by atoms with E-state index in [1.165, 1.54) is 17.3 Å². The van der Waals surface area contributed by atoms with E-state index in [4.69, 9.17) is 19.4 Å². The average Bonchev–Trinajstić information content (AvgIpc) is 3.40. The molecular formula is C40H42N8O7. The summed E-state index contributed by atoms with van der Waals surface area (Å²) in [6.45, 7) is 3.43. The maximum absolute atomic E-state index is 13.2. The lowest BCUT2D eigenvalue weighted by Crippen LogP contribution is -2.24. The second-order valence-electron chi connectivity index (χ2n) is 12.4. The number of nitrogens with zero attached hydrogens (tertiary/aromatic N) is 5. The van der Waals surface area contributed by atoms with Gasteiger partial charge in [0.25, 0.3) is 5.91 Å². The van der Waals surface area contributed by atoms with Crippen LogP contribution in [0, 0.1) is 0 Å². The number of carbonyl (C=O) groups excluding carboxylic acids is 3.